The fourth-order valence-electron chi connectivity index (χ4n) is 1.48. The Labute approximate surface area is 142 Å². The van der Waals surface area contributed by atoms with E-state index in [0.29, 0.717) is 17.9 Å². The minimum atomic E-state index is 0.607. The van der Waals surface area contributed by atoms with Gasteiger partial charge in [-0.2, -0.15) is 0 Å². The number of carbonyl (C=O) groups excluding carboxylic acids is 1. The van der Waals surface area contributed by atoms with Gasteiger partial charge in [-0.15, -0.1) is 0 Å². The van der Waals surface area contributed by atoms with Crippen molar-refractivity contribution in [3.63, 3.8) is 0 Å². The molecule has 0 radical (unpaired) electrons. The number of methoxy groups -OCH3 is 2. The van der Waals surface area contributed by atoms with Gasteiger partial charge in [0, 0.05) is 12.7 Å². The van der Waals surface area contributed by atoms with E-state index >= 15 is 0 Å². The number of anilines is 1. The summed E-state index contributed by atoms with van der Waals surface area (Å²) in [5.41, 5.74) is 2.42. The molecule has 4 nitrogen and oxygen atoms in total. The summed E-state index contributed by atoms with van der Waals surface area (Å²) in [6.07, 6.45) is 6.14. The number of carbonyl (C=O) groups is 1. The van der Waals surface area contributed by atoms with Crippen molar-refractivity contribution in [1.82, 2.24) is 0 Å². The standard InChI is InChI=1S/C10H11NO2S.C8H12O/c1-3-14-11-9-6-8(7-12)4-5-10(9)13-2;1-4-6-8(5-2)7-9-3/h3-7,11H,1H2,2H3;4-6H,1-2,7H2,3H3/b;8-6+. The van der Waals surface area contributed by atoms with E-state index in [-0.39, 0.29) is 0 Å². The molecular formula is C18H23NO3S. The predicted molar refractivity (Wildman–Crippen MR) is 100 cm³/mol. The monoisotopic (exact) mass is 333 g/mol. The third-order valence-electron chi connectivity index (χ3n) is 2.52. The summed E-state index contributed by atoms with van der Waals surface area (Å²) in [5.74, 6) is 0.699. The zero-order valence-corrected chi connectivity index (χ0v) is 14.4. The second-order valence-electron chi connectivity index (χ2n) is 4.08. The SMILES string of the molecule is C=C/C=C(\C=C)COC.C=CSNc1cc(C=O)ccc1OC. The fourth-order valence-corrected chi connectivity index (χ4v) is 1.85. The van der Waals surface area contributed by atoms with E-state index in [1.54, 1.807) is 50.0 Å². The molecule has 5 heteroatoms. The molecule has 0 heterocycles. The molecule has 0 unspecified atom stereocenters. The van der Waals surface area contributed by atoms with E-state index in [1.165, 1.54) is 11.9 Å². The minimum absolute atomic E-state index is 0.607. The summed E-state index contributed by atoms with van der Waals surface area (Å²) in [5, 5.41) is 1.66. The first kappa shape index (κ1) is 20.8. The van der Waals surface area contributed by atoms with Gasteiger partial charge in [-0.05, 0) is 41.1 Å². The molecule has 0 amide bonds. The predicted octanol–water partition coefficient (Wildman–Crippen LogP) is 4.64. The minimum Gasteiger partial charge on any atom is -0.495 e. The quantitative estimate of drug-likeness (QED) is 0.405. The van der Waals surface area contributed by atoms with Gasteiger partial charge < -0.3 is 14.2 Å². The third-order valence-corrected chi connectivity index (χ3v) is 3.02. The van der Waals surface area contributed by atoms with E-state index in [0.717, 1.165) is 17.5 Å². The molecule has 0 aliphatic rings. The highest BCUT2D eigenvalue weighted by atomic mass is 32.2. The summed E-state index contributed by atoms with van der Waals surface area (Å²) in [4.78, 5) is 10.5. The average Bonchev–Trinajstić information content (AvgIpc) is 2.59. The summed E-state index contributed by atoms with van der Waals surface area (Å²) in [6.45, 7) is 11.3. The van der Waals surface area contributed by atoms with Gasteiger partial charge in [0.2, 0.25) is 0 Å². The van der Waals surface area contributed by atoms with Crippen LogP contribution in [0.4, 0.5) is 5.69 Å². The highest BCUT2D eigenvalue weighted by Gasteiger charge is 2.02. The number of aldehydes is 1. The first-order valence-corrected chi connectivity index (χ1v) is 7.63. The van der Waals surface area contributed by atoms with Crippen LogP contribution in [0, 0.1) is 0 Å². The molecule has 0 saturated heterocycles. The van der Waals surface area contributed by atoms with Crippen molar-refractivity contribution in [2.75, 3.05) is 25.5 Å². The summed E-state index contributed by atoms with van der Waals surface area (Å²) in [7, 11) is 3.24. The fraction of sp³-hybridized carbons (Fsp3) is 0.167. The van der Waals surface area contributed by atoms with Gasteiger partial charge in [0.15, 0.2) is 0 Å². The van der Waals surface area contributed by atoms with E-state index in [1.807, 2.05) is 6.08 Å². The number of hydrogen-bond acceptors (Lipinski definition) is 5. The molecule has 0 saturated carbocycles. The molecule has 0 spiro atoms. The Bertz CT molecular complexity index is 553. The normalized spacial score (nSPS) is 9.91. The number of benzene rings is 1. The third kappa shape index (κ3) is 8.70. The van der Waals surface area contributed by atoms with Crippen LogP contribution in [0.5, 0.6) is 5.75 Å². The molecular weight excluding hydrogens is 310 g/mol. The van der Waals surface area contributed by atoms with Crippen molar-refractivity contribution in [3.8, 4) is 5.75 Å². The van der Waals surface area contributed by atoms with Crippen LogP contribution in [-0.4, -0.2) is 27.1 Å². The van der Waals surface area contributed by atoms with Crippen molar-refractivity contribution >= 4 is 23.9 Å². The second kappa shape index (κ2) is 13.4. The molecule has 0 fully saturated rings. The number of allylic oxidation sites excluding steroid dienone is 2. The zero-order valence-electron chi connectivity index (χ0n) is 13.6. The van der Waals surface area contributed by atoms with Gasteiger partial charge in [0.25, 0.3) is 0 Å². The number of nitrogens with one attached hydrogen (secondary N) is 1. The van der Waals surface area contributed by atoms with E-state index in [9.17, 15) is 4.79 Å². The summed E-state index contributed by atoms with van der Waals surface area (Å²) in [6, 6.07) is 5.17. The molecule has 1 aromatic rings. The molecule has 0 bridgehead atoms. The van der Waals surface area contributed by atoms with Gasteiger partial charge in [-0.3, -0.25) is 4.79 Å². The Hall–Kier alpha value is -2.24. The van der Waals surface area contributed by atoms with Crippen LogP contribution in [0.3, 0.4) is 0 Å². The number of ether oxygens (including phenoxy) is 2. The lowest BCUT2D eigenvalue weighted by molar-refractivity contribution is 0.112. The Morgan fingerprint density at radius 1 is 1.30 bits per heavy atom. The Kier molecular flexibility index (Phi) is 12.1. The van der Waals surface area contributed by atoms with Gasteiger partial charge in [0.1, 0.15) is 12.0 Å². The molecule has 23 heavy (non-hydrogen) atoms. The van der Waals surface area contributed by atoms with Crippen LogP contribution in [0.25, 0.3) is 0 Å². The smallest absolute Gasteiger partial charge is 0.150 e. The summed E-state index contributed by atoms with van der Waals surface area (Å²) < 4.78 is 13.0. The average molecular weight is 333 g/mol. The Morgan fingerprint density at radius 3 is 2.52 bits per heavy atom. The number of hydrogen-bond donors (Lipinski definition) is 1. The topological polar surface area (TPSA) is 47.6 Å². The van der Waals surface area contributed by atoms with E-state index in [4.69, 9.17) is 9.47 Å². The first-order valence-electron chi connectivity index (χ1n) is 6.75. The maximum absolute atomic E-state index is 10.5. The molecule has 0 aliphatic carbocycles. The van der Waals surface area contributed by atoms with Gasteiger partial charge in [0.05, 0.1) is 19.4 Å². The van der Waals surface area contributed by atoms with Crippen LogP contribution >= 0.6 is 11.9 Å². The lowest BCUT2D eigenvalue weighted by Gasteiger charge is -2.08. The van der Waals surface area contributed by atoms with E-state index < -0.39 is 0 Å². The second-order valence-corrected chi connectivity index (χ2v) is 4.85. The van der Waals surface area contributed by atoms with E-state index in [2.05, 4.69) is 24.5 Å². The highest BCUT2D eigenvalue weighted by molar-refractivity contribution is 8.03. The van der Waals surface area contributed by atoms with Crippen LogP contribution in [-0.2, 0) is 4.74 Å². The largest absolute Gasteiger partial charge is 0.495 e. The summed E-state index contributed by atoms with van der Waals surface area (Å²) >= 11 is 1.33. The molecule has 0 aromatic heterocycles. The molecule has 1 rings (SSSR count). The van der Waals surface area contributed by atoms with Crippen LogP contribution in [0.1, 0.15) is 10.4 Å². The molecule has 124 valence electrons. The Morgan fingerprint density at radius 2 is 2.04 bits per heavy atom. The number of rotatable bonds is 9. The lowest BCUT2D eigenvalue weighted by atomic mass is 10.2. The first-order chi connectivity index (χ1) is 11.2. The highest BCUT2D eigenvalue weighted by Crippen LogP contribution is 2.27. The molecule has 1 aromatic carbocycles. The Balaban J connectivity index is 0.000000468. The van der Waals surface area contributed by atoms with Crippen LogP contribution in [0.2, 0.25) is 0 Å². The van der Waals surface area contributed by atoms with Crippen molar-refractivity contribution in [1.29, 1.82) is 0 Å². The van der Waals surface area contributed by atoms with Crippen molar-refractivity contribution in [2.24, 2.45) is 0 Å². The van der Waals surface area contributed by atoms with Crippen molar-refractivity contribution in [2.45, 2.75) is 0 Å². The molecule has 1 N–H and O–H groups in total. The van der Waals surface area contributed by atoms with Crippen molar-refractivity contribution < 1.29 is 14.3 Å². The molecule has 0 aliphatic heterocycles. The maximum atomic E-state index is 10.5. The zero-order chi connectivity index (χ0) is 17.5. The van der Waals surface area contributed by atoms with Crippen LogP contribution < -0.4 is 9.46 Å². The van der Waals surface area contributed by atoms with Crippen LogP contribution in [0.15, 0.2) is 67.1 Å². The van der Waals surface area contributed by atoms with Gasteiger partial charge in [-0.25, -0.2) is 0 Å². The molecule has 0 atom stereocenters. The van der Waals surface area contributed by atoms with Gasteiger partial charge >= 0.3 is 0 Å². The maximum Gasteiger partial charge on any atom is 0.150 e. The van der Waals surface area contributed by atoms with Crippen molar-refractivity contribution in [3.05, 3.63) is 72.7 Å². The lowest BCUT2D eigenvalue weighted by Crippen LogP contribution is -1.92. The van der Waals surface area contributed by atoms with Gasteiger partial charge in [-0.1, -0.05) is 38.0 Å².